The molecule has 15 heteroatoms. The Morgan fingerprint density at radius 2 is 1.39 bits per heavy atom. The molecule has 0 aromatic heterocycles. The van der Waals surface area contributed by atoms with Crippen molar-refractivity contribution < 1.29 is 52.1 Å². The Bertz CT molecular complexity index is 2380. The van der Waals surface area contributed by atoms with Gasteiger partial charge in [-0.25, -0.2) is 14.0 Å². The van der Waals surface area contributed by atoms with Gasteiger partial charge < -0.3 is 39.0 Å². The third kappa shape index (κ3) is 14.2. The first-order chi connectivity index (χ1) is 34.9. The van der Waals surface area contributed by atoms with Crippen LogP contribution in [0.25, 0.3) is 11.1 Å². The highest BCUT2D eigenvalue weighted by molar-refractivity contribution is 5.92. The average Bonchev–Trinajstić information content (AvgIpc) is 3.97. The molecule has 0 radical (unpaired) electrons. The van der Waals surface area contributed by atoms with Crippen molar-refractivity contribution in [1.82, 2.24) is 20.0 Å². The van der Waals surface area contributed by atoms with Crippen LogP contribution in [0.15, 0.2) is 72.8 Å². The molecule has 1 aliphatic heterocycles. The van der Waals surface area contributed by atoms with E-state index in [0.717, 1.165) is 22.3 Å². The molecule has 4 amide bonds. The lowest BCUT2D eigenvalue weighted by Crippen LogP contribution is -2.55. The van der Waals surface area contributed by atoms with Gasteiger partial charge in [0, 0.05) is 59.5 Å². The molecule has 3 aromatic carbocycles. The van der Waals surface area contributed by atoms with Crippen LogP contribution in [0.4, 0.5) is 9.18 Å². The number of halogens is 1. The van der Waals surface area contributed by atoms with Gasteiger partial charge in [-0.15, -0.1) is 0 Å². The molecule has 0 bridgehead atoms. The number of ether oxygens (including phenoxy) is 4. The van der Waals surface area contributed by atoms with Gasteiger partial charge in [0.1, 0.15) is 24.1 Å². The molecule has 2 aliphatic rings. The summed E-state index contributed by atoms with van der Waals surface area (Å²) in [6.07, 6.45) is -0.593. The van der Waals surface area contributed by atoms with E-state index in [9.17, 15) is 33.2 Å². The van der Waals surface area contributed by atoms with Crippen molar-refractivity contribution in [2.45, 2.75) is 156 Å². The number of carbonyl (C=O) groups is 6. The van der Waals surface area contributed by atoms with Gasteiger partial charge in [0.15, 0.2) is 5.78 Å². The third-order valence-electron chi connectivity index (χ3n) is 15.2. The Balaban J connectivity index is 1.27. The first-order valence-corrected chi connectivity index (χ1v) is 26.4. The summed E-state index contributed by atoms with van der Waals surface area (Å²) in [5.74, 6) is -4.89. The predicted octanol–water partition coefficient (Wildman–Crippen LogP) is 9.25. The van der Waals surface area contributed by atoms with E-state index in [0.29, 0.717) is 25.8 Å². The van der Waals surface area contributed by atoms with E-state index in [4.69, 9.17) is 18.9 Å². The number of carbonyl (C=O) groups excluding carboxylic acids is 6. The Hall–Kier alpha value is -5.67. The number of methoxy groups -OCH3 is 2. The minimum absolute atomic E-state index is 0.0777. The van der Waals surface area contributed by atoms with Crippen LogP contribution in [0, 0.1) is 35.4 Å². The van der Waals surface area contributed by atoms with Crippen LogP contribution in [0.1, 0.15) is 124 Å². The zero-order valence-electron chi connectivity index (χ0n) is 46.3. The number of nitrogens with zero attached hydrogens (tertiary/aromatic N) is 3. The van der Waals surface area contributed by atoms with Crippen molar-refractivity contribution in [2.75, 3.05) is 41.5 Å². The summed E-state index contributed by atoms with van der Waals surface area (Å²) < 4.78 is 38.5. The number of ketones is 1. The maximum Gasteiger partial charge on any atom is 0.410 e. The molecule has 406 valence electrons. The Labute approximate surface area is 439 Å². The molecule has 1 N–H and O–H groups in total. The zero-order valence-corrected chi connectivity index (χ0v) is 46.3. The minimum atomic E-state index is -1.19. The van der Waals surface area contributed by atoms with Crippen LogP contribution in [0.3, 0.4) is 0 Å². The quantitative estimate of drug-likeness (QED) is 0.0857. The third-order valence-corrected chi connectivity index (χ3v) is 15.2. The fraction of sp³-hybridized carbons (Fsp3) is 0.593. The molecule has 74 heavy (non-hydrogen) atoms. The molecule has 9 atom stereocenters. The summed E-state index contributed by atoms with van der Waals surface area (Å²) in [6, 6.07) is 19.1. The fourth-order valence-electron chi connectivity index (χ4n) is 11.1. The zero-order chi connectivity index (χ0) is 54.8. The van der Waals surface area contributed by atoms with Crippen molar-refractivity contribution in [3.05, 3.63) is 95.3 Å². The number of hydrogen-bond donors (Lipinski definition) is 1. The summed E-state index contributed by atoms with van der Waals surface area (Å²) in [4.78, 5) is 89.8. The van der Waals surface area contributed by atoms with Crippen molar-refractivity contribution in [2.24, 2.45) is 29.6 Å². The predicted molar refractivity (Wildman–Crippen MR) is 283 cm³/mol. The van der Waals surface area contributed by atoms with Crippen LogP contribution < -0.4 is 5.32 Å². The van der Waals surface area contributed by atoms with Crippen molar-refractivity contribution >= 4 is 35.6 Å². The largest absolute Gasteiger partial charge is 0.458 e. The summed E-state index contributed by atoms with van der Waals surface area (Å²) in [5.41, 5.74) is 3.76. The number of rotatable bonds is 24. The Kier molecular flexibility index (Phi) is 21.0. The van der Waals surface area contributed by atoms with Gasteiger partial charge in [0.25, 0.3) is 0 Å². The van der Waals surface area contributed by atoms with Crippen molar-refractivity contribution in [3.8, 4) is 11.1 Å². The van der Waals surface area contributed by atoms with Crippen LogP contribution in [-0.2, 0) is 49.3 Å². The van der Waals surface area contributed by atoms with Gasteiger partial charge in [-0.1, -0.05) is 122 Å². The van der Waals surface area contributed by atoms with Crippen molar-refractivity contribution in [1.29, 1.82) is 0 Å². The van der Waals surface area contributed by atoms with Crippen LogP contribution in [0.2, 0.25) is 0 Å². The Morgan fingerprint density at radius 1 is 0.797 bits per heavy atom. The monoisotopic (exact) mass is 1030 g/mol. The second-order valence-electron chi connectivity index (χ2n) is 22.1. The molecule has 1 aliphatic carbocycles. The van der Waals surface area contributed by atoms with Crippen LogP contribution in [0.5, 0.6) is 0 Å². The van der Waals surface area contributed by atoms with Crippen molar-refractivity contribution in [3.63, 3.8) is 0 Å². The highest BCUT2D eigenvalue weighted by Gasteiger charge is 2.44. The maximum atomic E-state index is 14.8. The van der Waals surface area contributed by atoms with E-state index in [1.807, 2.05) is 65.8 Å². The molecule has 1 fully saturated rings. The van der Waals surface area contributed by atoms with E-state index in [-0.39, 0.29) is 72.7 Å². The minimum Gasteiger partial charge on any atom is -0.458 e. The van der Waals surface area contributed by atoms with Gasteiger partial charge >= 0.3 is 12.1 Å². The van der Waals surface area contributed by atoms with Gasteiger partial charge in [-0.05, 0) is 85.3 Å². The molecular formula is C59H83FN4O10. The lowest BCUT2D eigenvalue weighted by molar-refractivity contribution is -0.159. The van der Waals surface area contributed by atoms with E-state index in [1.165, 1.54) is 25.2 Å². The molecule has 3 aromatic rings. The molecule has 5 rings (SSSR count). The molecule has 1 saturated heterocycles. The number of hydrogen-bond acceptors (Lipinski definition) is 10. The molecule has 0 unspecified atom stereocenters. The number of nitrogens with one attached hydrogen (secondary N) is 1. The molecule has 14 nitrogen and oxygen atoms in total. The molecule has 0 spiro atoms. The van der Waals surface area contributed by atoms with E-state index in [2.05, 4.69) is 29.6 Å². The average molecular weight is 1030 g/mol. The first-order valence-electron chi connectivity index (χ1n) is 26.4. The second-order valence-corrected chi connectivity index (χ2v) is 22.1. The summed E-state index contributed by atoms with van der Waals surface area (Å²) in [7, 11) is 6.29. The lowest BCUT2D eigenvalue weighted by atomic mass is 9.83. The standard InChI is InChI=1S/C59H83FN4O10/c1-15-37(6)53(50(71-13)33-51(66)64-30-22-29-48(64)54(72-14)38(7)55(67)61-47(57(69)74-59(8,9)10)31-39-23-16-21-28-46(39)60)62(11)56(68)44(35(2)3)32-49(65)52(36(4)5)63(12)58(70)73-34-45-42-26-19-17-24-40(42)41-25-18-20-27-43(41)45/h16-21,23-28,35-38,44-45,47-48,50,52-54H,15,22,29-34H2,1-14H3,(H,61,67)/t37-,38+,44-,47-,48-,50+,52-,53-,54+/m0/s1. The van der Waals surface area contributed by atoms with Crippen LogP contribution in [-0.4, -0.2) is 134 Å². The van der Waals surface area contributed by atoms with E-state index in [1.54, 1.807) is 69.8 Å². The number of likely N-dealkylation sites (tertiary alicyclic amines) is 1. The normalized spacial score (nSPS) is 17.8. The summed E-state index contributed by atoms with van der Waals surface area (Å²) in [6.45, 7) is 18.9. The van der Waals surface area contributed by atoms with Gasteiger partial charge in [-0.3, -0.25) is 19.2 Å². The molecule has 0 saturated carbocycles. The van der Waals surface area contributed by atoms with E-state index >= 15 is 0 Å². The van der Waals surface area contributed by atoms with Gasteiger partial charge in [0.05, 0.1) is 42.7 Å². The lowest BCUT2D eigenvalue weighted by Gasteiger charge is -2.41. The molecule has 1 heterocycles. The first kappa shape index (κ1) is 59.2. The van der Waals surface area contributed by atoms with Gasteiger partial charge in [-0.2, -0.15) is 0 Å². The van der Waals surface area contributed by atoms with E-state index < -0.39 is 77.6 Å². The fourth-order valence-corrected chi connectivity index (χ4v) is 11.1. The smallest absolute Gasteiger partial charge is 0.410 e. The second kappa shape index (κ2) is 26.2. The summed E-state index contributed by atoms with van der Waals surface area (Å²) >= 11 is 0. The number of Topliss-reactive ketones (excluding diaryl/α,β-unsaturated/α-hetero) is 1. The summed E-state index contributed by atoms with van der Waals surface area (Å²) in [5, 5.41) is 2.80. The van der Waals surface area contributed by atoms with Crippen LogP contribution >= 0.6 is 0 Å². The topological polar surface area (TPSA) is 161 Å². The highest BCUT2D eigenvalue weighted by atomic mass is 19.1. The molecular weight excluding hydrogens is 944 g/mol. The van der Waals surface area contributed by atoms with Gasteiger partial charge in [0.2, 0.25) is 17.7 Å². The number of likely N-dealkylation sites (N-methyl/N-ethyl adjacent to an activating group) is 2. The highest BCUT2D eigenvalue weighted by Crippen LogP contribution is 2.44. The number of esters is 1. The number of fused-ring (bicyclic) bond motifs is 3. The number of benzene rings is 3. The Morgan fingerprint density at radius 3 is 1.93 bits per heavy atom. The maximum absolute atomic E-state index is 14.8. The SMILES string of the molecule is CC[C@H](C)[C@@H]([C@@H](CC(=O)N1CCC[C@H]1[C@H](OC)[C@@H](C)C(=O)N[C@@H](Cc1ccccc1F)C(=O)OC(C)(C)C)OC)N(C)C(=O)[C@@H](CC(=O)[C@H](C(C)C)N(C)C(=O)OCC1c2ccccc2-c2ccccc21)C(C)C. The number of amides is 4.